The highest BCUT2D eigenvalue weighted by Gasteiger charge is 2.28. The molecule has 0 radical (unpaired) electrons. The highest BCUT2D eigenvalue weighted by Crippen LogP contribution is 2.44. The molecule has 0 bridgehead atoms. The van der Waals surface area contributed by atoms with Gasteiger partial charge in [-0.05, 0) is 74.3 Å². The third kappa shape index (κ3) is 4.94. The monoisotopic (exact) mass is 414 g/mol. The average molecular weight is 415 g/mol. The fraction of sp³-hybridized carbons (Fsp3) is 0.357. The first-order chi connectivity index (χ1) is 15.2. The summed E-state index contributed by atoms with van der Waals surface area (Å²) in [6.07, 6.45) is 2.22. The minimum Gasteiger partial charge on any atom is -0.492 e. The van der Waals surface area contributed by atoms with Crippen molar-refractivity contribution in [3.63, 3.8) is 0 Å². The molecule has 1 aliphatic rings. The van der Waals surface area contributed by atoms with Gasteiger partial charge in [0.25, 0.3) is 0 Å². The molecule has 3 aromatic carbocycles. The van der Waals surface area contributed by atoms with Crippen LogP contribution in [-0.4, -0.2) is 31.1 Å². The summed E-state index contributed by atoms with van der Waals surface area (Å²) < 4.78 is 6.02. The summed E-state index contributed by atoms with van der Waals surface area (Å²) in [5, 5.41) is 0. The summed E-state index contributed by atoms with van der Waals surface area (Å²) in [6.45, 7) is 10.4. The van der Waals surface area contributed by atoms with Crippen molar-refractivity contribution >= 4 is 11.4 Å². The van der Waals surface area contributed by atoms with Gasteiger partial charge in [-0.25, -0.2) is 0 Å². The highest BCUT2D eigenvalue weighted by atomic mass is 16.5. The van der Waals surface area contributed by atoms with E-state index >= 15 is 0 Å². The molecule has 162 valence electrons. The second-order valence-electron chi connectivity index (χ2n) is 8.34. The second kappa shape index (κ2) is 10.0. The van der Waals surface area contributed by atoms with Crippen LogP contribution in [0.2, 0.25) is 0 Å². The first kappa shape index (κ1) is 21.5. The van der Waals surface area contributed by atoms with Crippen LogP contribution in [0.4, 0.5) is 11.4 Å². The summed E-state index contributed by atoms with van der Waals surface area (Å²) in [7, 11) is 0. The molecule has 3 aromatic rings. The lowest BCUT2D eigenvalue weighted by atomic mass is 9.90. The zero-order valence-electron chi connectivity index (χ0n) is 19.1. The number of benzene rings is 3. The molecule has 0 N–H and O–H groups in total. The van der Waals surface area contributed by atoms with E-state index in [1.807, 2.05) is 0 Å². The summed E-state index contributed by atoms with van der Waals surface area (Å²) >= 11 is 0. The van der Waals surface area contributed by atoms with E-state index in [-0.39, 0.29) is 0 Å². The van der Waals surface area contributed by atoms with Crippen LogP contribution in [-0.2, 0) is 6.42 Å². The molecule has 0 aromatic heterocycles. The van der Waals surface area contributed by atoms with Crippen LogP contribution in [0.25, 0.3) is 0 Å². The zero-order valence-corrected chi connectivity index (χ0v) is 19.1. The lowest BCUT2D eigenvalue weighted by Gasteiger charge is -2.39. The van der Waals surface area contributed by atoms with Gasteiger partial charge in [-0.1, -0.05) is 61.9 Å². The molecule has 31 heavy (non-hydrogen) atoms. The topological polar surface area (TPSA) is 15.7 Å². The molecular formula is C28H34N2O. The molecule has 1 unspecified atom stereocenters. The second-order valence-corrected chi connectivity index (χ2v) is 8.34. The summed E-state index contributed by atoms with van der Waals surface area (Å²) in [5.41, 5.74) is 6.67. The first-order valence-electron chi connectivity index (χ1n) is 11.6. The zero-order chi connectivity index (χ0) is 21.6. The van der Waals surface area contributed by atoms with Gasteiger partial charge in [-0.15, -0.1) is 0 Å². The van der Waals surface area contributed by atoms with E-state index in [0.29, 0.717) is 6.04 Å². The van der Waals surface area contributed by atoms with Gasteiger partial charge >= 0.3 is 0 Å². The minimum absolute atomic E-state index is 0.339. The largest absolute Gasteiger partial charge is 0.492 e. The number of nitrogens with zero attached hydrogens (tertiary/aromatic N) is 2. The van der Waals surface area contributed by atoms with Gasteiger partial charge in [0.1, 0.15) is 12.4 Å². The van der Waals surface area contributed by atoms with Crippen molar-refractivity contribution in [2.45, 2.75) is 39.7 Å². The smallest absolute Gasteiger partial charge is 0.119 e. The number of fused-ring (bicyclic) bond motifs is 1. The number of hydrogen-bond acceptors (Lipinski definition) is 3. The van der Waals surface area contributed by atoms with E-state index in [1.165, 1.54) is 28.1 Å². The van der Waals surface area contributed by atoms with Gasteiger partial charge in [0, 0.05) is 17.9 Å². The minimum atomic E-state index is 0.339. The maximum Gasteiger partial charge on any atom is 0.119 e. The summed E-state index contributed by atoms with van der Waals surface area (Å²) in [4.78, 5) is 4.89. The number of ether oxygens (including phenoxy) is 1. The van der Waals surface area contributed by atoms with Crippen LogP contribution in [0.3, 0.4) is 0 Å². The molecule has 1 aliphatic heterocycles. The molecule has 3 nitrogen and oxygen atoms in total. The molecule has 0 saturated carbocycles. The quantitative estimate of drug-likeness (QED) is 0.416. The van der Waals surface area contributed by atoms with Crippen LogP contribution in [0.1, 0.15) is 43.0 Å². The average Bonchev–Trinajstić information content (AvgIpc) is 2.82. The van der Waals surface area contributed by atoms with Crippen LogP contribution >= 0.6 is 0 Å². The Kier molecular flexibility index (Phi) is 6.93. The van der Waals surface area contributed by atoms with E-state index in [4.69, 9.17) is 4.74 Å². The normalized spacial score (nSPS) is 15.7. The maximum atomic E-state index is 6.02. The molecule has 3 heteroatoms. The third-order valence-electron chi connectivity index (χ3n) is 6.36. The molecule has 0 spiro atoms. The molecule has 4 rings (SSSR count). The van der Waals surface area contributed by atoms with Crippen LogP contribution in [0.5, 0.6) is 5.75 Å². The number of anilines is 2. The lowest BCUT2D eigenvalue weighted by molar-refractivity contribution is 0.223. The van der Waals surface area contributed by atoms with Gasteiger partial charge < -0.3 is 14.5 Å². The van der Waals surface area contributed by atoms with Crippen molar-refractivity contribution in [3.05, 3.63) is 89.5 Å². The molecule has 0 saturated heterocycles. The molecule has 1 heterocycles. The molecule has 0 fully saturated rings. The fourth-order valence-corrected chi connectivity index (χ4v) is 4.58. The molecule has 0 amide bonds. The van der Waals surface area contributed by atoms with E-state index in [0.717, 1.165) is 44.8 Å². The van der Waals surface area contributed by atoms with E-state index in [1.54, 1.807) is 0 Å². The SMILES string of the molecule is CCN(CC)CCOc1ccc(N2c3ccc(C)cc3CCC2c2ccccc2)cc1. The Morgan fingerprint density at radius 3 is 2.39 bits per heavy atom. The van der Waals surface area contributed by atoms with Crippen LogP contribution < -0.4 is 9.64 Å². The molecular weight excluding hydrogens is 380 g/mol. The predicted molar refractivity (Wildman–Crippen MR) is 131 cm³/mol. The van der Waals surface area contributed by atoms with E-state index in [9.17, 15) is 0 Å². The van der Waals surface area contributed by atoms with Crippen LogP contribution in [0, 0.1) is 6.92 Å². The van der Waals surface area contributed by atoms with Gasteiger partial charge in [0.15, 0.2) is 0 Å². The standard InChI is InChI=1S/C28H34N2O/c1-4-29(5-2)19-20-31-26-15-13-25(14-16-26)30-27(23-9-7-6-8-10-23)18-12-24-21-22(3)11-17-28(24)30/h6-11,13-17,21,27H,4-5,12,18-20H2,1-3H3. The van der Waals surface area contributed by atoms with Crippen molar-refractivity contribution in [3.8, 4) is 5.75 Å². The summed E-state index contributed by atoms with van der Waals surface area (Å²) in [6, 6.07) is 26.7. The maximum absolute atomic E-state index is 6.02. The predicted octanol–water partition coefficient (Wildman–Crippen LogP) is 6.54. The fourth-order valence-electron chi connectivity index (χ4n) is 4.58. The number of hydrogen-bond donors (Lipinski definition) is 0. The van der Waals surface area contributed by atoms with Gasteiger partial charge in [0.2, 0.25) is 0 Å². The Morgan fingerprint density at radius 1 is 0.935 bits per heavy atom. The highest BCUT2D eigenvalue weighted by molar-refractivity contribution is 5.70. The number of likely N-dealkylation sites (N-methyl/N-ethyl adjacent to an activating group) is 1. The van der Waals surface area contributed by atoms with Crippen molar-refractivity contribution in [2.75, 3.05) is 31.1 Å². The van der Waals surface area contributed by atoms with E-state index in [2.05, 4.69) is 103 Å². The lowest BCUT2D eigenvalue weighted by Crippen LogP contribution is -2.29. The Hall–Kier alpha value is -2.78. The Morgan fingerprint density at radius 2 is 1.68 bits per heavy atom. The van der Waals surface area contributed by atoms with Crippen molar-refractivity contribution < 1.29 is 4.74 Å². The van der Waals surface area contributed by atoms with Crippen molar-refractivity contribution in [2.24, 2.45) is 0 Å². The van der Waals surface area contributed by atoms with Gasteiger partial charge in [-0.3, -0.25) is 0 Å². The third-order valence-corrected chi connectivity index (χ3v) is 6.36. The van der Waals surface area contributed by atoms with Crippen molar-refractivity contribution in [1.29, 1.82) is 0 Å². The van der Waals surface area contributed by atoms with Gasteiger partial charge in [-0.2, -0.15) is 0 Å². The molecule has 1 atom stereocenters. The number of rotatable bonds is 8. The van der Waals surface area contributed by atoms with Crippen molar-refractivity contribution in [1.82, 2.24) is 4.90 Å². The first-order valence-corrected chi connectivity index (χ1v) is 11.6. The van der Waals surface area contributed by atoms with E-state index < -0.39 is 0 Å². The Labute approximate surface area is 187 Å². The summed E-state index contributed by atoms with van der Waals surface area (Å²) in [5.74, 6) is 0.938. The van der Waals surface area contributed by atoms with Gasteiger partial charge in [0.05, 0.1) is 6.04 Å². The molecule has 0 aliphatic carbocycles. The van der Waals surface area contributed by atoms with Crippen LogP contribution in [0.15, 0.2) is 72.8 Å². The Bertz CT molecular complexity index is 964. The number of aryl methyl sites for hydroxylation is 2. The Balaban J connectivity index is 1.59.